The predicted molar refractivity (Wildman–Crippen MR) is 194 cm³/mol. The number of carboxylic acid groups (broad SMARTS) is 1. The largest absolute Gasteiger partial charge is 0.480 e. The summed E-state index contributed by atoms with van der Waals surface area (Å²) in [6, 6.07) is 3.07. The first kappa shape index (κ1) is 42.8. The Morgan fingerprint density at radius 2 is 1.71 bits per heavy atom. The van der Waals surface area contributed by atoms with Crippen LogP contribution in [-0.4, -0.2) is 122 Å². The van der Waals surface area contributed by atoms with E-state index in [4.69, 9.17) is 9.47 Å². The van der Waals surface area contributed by atoms with E-state index in [-0.39, 0.29) is 59.9 Å². The highest BCUT2D eigenvalue weighted by Gasteiger charge is 2.56. The Balaban J connectivity index is 1.77. The number of carboxylic acids is 1. The molecule has 1 aromatic rings. The molecule has 8 atom stereocenters. The predicted octanol–water partition coefficient (Wildman–Crippen LogP) is 2.61. The van der Waals surface area contributed by atoms with Crippen LogP contribution in [0.4, 0.5) is 4.39 Å². The van der Waals surface area contributed by atoms with Gasteiger partial charge in [0.05, 0.1) is 49.2 Å². The van der Waals surface area contributed by atoms with Crippen molar-refractivity contribution < 1.29 is 42.9 Å². The van der Waals surface area contributed by atoms with E-state index in [1.54, 1.807) is 36.9 Å². The first-order chi connectivity index (χ1) is 24.5. The minimum Gasteiger partial charge on any atom is -0.480 e. The molecule has 1 spiro atoms. The smallest absolute Gasteiger partial charge is 0.326 e. The number of nitrogens with one attached hydrogen (secondary N) is 3. The summed E-state index contributed by atoms with van der Waals surface area (Å²) < 4.78 is 26.2. The zero-order valence-corrected chi connectivity index (χ0v) is 32.2. The van der Waals surface area contributed by atoms with E-state index >= 15 is 0 Å². The van der Waals surface area contributed by atoms with Gasteiger partial charge < -0.3 is 40.3 Å². The van der Waals surface area contributed by atoms with Gasteiger partial charge in [0, 0.05) is 34.2 Å². The summed E-state index contributed by atoms with van der Waals surface area (Å²) in [5, 5.41) is 18.1. The Morgan fingerprint density at radius 3 is 2.23 bits per heavy atom. The van der Waals surface area contributed by atoms with Gasteiger partial charge in [-0.05, 0) is 55.2 Å². The van der Waals surface area contributed by atoms with Crippen LogP contribution in [0.3, 0.4) is 0 Å². The quantitative estimate of drug-likeness (QED) is 0.158. The molecule has 1 saturated heterocycles. The molecule has 1 aliphatic heterocycles. The highest BCUT2D eigenvalue weighted by atomic mass is 19.1. The van der Waals surface area contributed by atoms with Crippen molar-refractivity contribution in [3.63, 3.8) is 0 Å². The van der Waals surface area contributed by atoms with Crippen LogP contribution in [0.1, 0.15) is 72.3 Å². The van der Waals surface area contributed by atoms with E-state index in [0.717, 1.165) is 12.8 Å². The van der Waals surface area contributed by atoms with Gasteiger partial charge >= 0.3 is 5.97 Å². The van der Waals surface area contributed by atoms with Crippen LogP contribution < -0.4 is 16.0 Å². The number of hydrogen-bond donors (Lipinski definition) is 4. The van der Waals surface area contributed by atoms with Crippen LogP contribution in [0.25, 0.3) is 0 Å². The van der Waals surface area contributed by atoms with Crippen molar-refractivity contribution in [2.75, 3.05) is 41.4 Å². The number of nitrogens with zero attached hydrogens (tertiary/aromatic N) is 2. The van der Waals surface area contributed by atoms with Gasteiger partial charge in [-0.2, -0.15) is 0 Å². The average molecular weight is 734 g/mol. The summed E-state index contributed by atoms with van der Waals surface area (Å²) in [5.41, 5.74) is 0.0930. The van der Waals surface area contributed by atoms with E-state index < -0.39 is 60.0 Å². The first-order valence-corrected chi connectivity index (χ1v) is 18.4. The molecule has 1 aromatic carbocycles. The molecule has 1 saturated carbocycles. The molecule has 2 aliphatic rings. The molecule has 13 nitrogen and oxygen atoms in total. The summed E-state index contributed by atoms with van der Waals surface area (Å²) in [5.74, 6) is -4.07. The second kappa shape index (κ2) is 18.9. The number of likely N-dealkylation sites (tertiary alicyclic amines) is 1. The topological polar surface area (TPSA) is 167 Å². The number of carbonyl (C=O) groups excluding carboxylic acids is 4. The number of carbonyl (C=O) groups is 5. The summed E-state index contributed by atoms with van der Waals surface area (Å²) in [6.45, 7) is 9.76. The first-order valence-electron chi connectivity index (χ1n) is 18.4. The maximum absolute atomic E-state index is 14.3. The zero-order chi connectivity index (χ0) is 38.9. The summed E-state index contributed by atoms with van der Waals surface area (Å²) >= 11 is 0. The number of methoxy groups -OCH3 is 2. The maximum Gasteiger partial charge on any atom is 0.326 e. The molecular weight excluding hydrogens is 673 g/mol. The van der Waals surface area contributed by atoms with E-state index in [0.29, 0.717) is 19.4 Å². The molecule has 1 aliphatic carbocycles. The van der Waals surface area contributed by atoms with Gasteiger partial charge in [-0.3, -0.25) is 19.2 Å². The van der Waals surface area contributed by atoms with Crippen LogP contribution in [0.15, 0.2) is 24.3 Å². The summed E-state index contributed by atoms with van der Waals surface area (Å²) in [4.78, 5) is 69.4. The third-order valence-electron chi connectivity index (χ3n) is 11.2. The maximum atomic E-state index is 14.3. The van der Waals surface area contributed by atoms with E-state index in [2.05, 4.69) is 16.0 Å². The monoisotopic (exact) mass is 733 g/mol. The lowest BCUT2D eigenvalue weighted by Crippen LogP contribution is -2.55. The zero-order valence-electron chi connectivity index (χ0n) is 32.2. The molecule has 0 aromatic heterocycles. The van der Waals surface area contributed by atoms with Crippen molar-refractivity contribution in [1.82, 2.24) is 25.8 Å². The van der Waals surface area contributed by atoms with Crippen molar-refractivity contribution in [2.45, 2.75) is 110 Å². The molecule has 4 N–H and O–H groups in total. The van der Waals surface area contributed by atoms with Crippen molar-refractivity contribution in [1.29, 1.82) is 0 Å². The number of hydrogen-bond acceptors (Lipinski definition) is 8. The number of amides is 4. The molecule has 4 amide bonds. The number of halogens is 1. The van der Waals surface area contributed by atoms with Gasteiger partial charge in [-0.15, -0.1) is 0 Å². The fraction of sp³-hybridized carbons (Fsp3) is 0.711. The minimum atomic E-state index is -1.37. The third kappa shape index (κ3) is 10.5. The van der Waals surface area contributed by atoms with Gasteiger partial charge in [0.1, 0.15) is 11.9 Å². The minimum absolute atomic E-state index is 0.0288. The van der Waals surface area contributed by atoms with Crippen molar-refractivity contribution in [3.05, 3.63) is 35.6 Å². The summed E-state index contributed by atoms with van der Waals surface area (Å²) in [7, 11) is 6.35. The lowest BCUT2D eigenvalue weighted by Gasteiger charge is -2.39. The van der Waals surface area contributed by atoms with Crippen LogP contribution in [0, 0.1) is 29.0 Å². The van der Waals surface area contributed by atoms with Crippen LogP contribution in [0.5, 0.6) is 0 Å². The Bertz CT molecular complexity index is 1410. The Morgan fingerprint density at radius 1 is 1.06 bits per heavy atom. The summed E-state index contributed by atoms with van der Waals surface area (Å²) in [6.07, 6.45) is 1.53. The van der Waals surface area contributed by atoms with Gasteiger partial charge in [0.15, 0.2) is 0 Å². The lowest BCUT2D eigenvalue weighted by atomic mass is 9.90. The Labute approximate surface area is 307 Å². The van der Waals surface area contributed by atoms with Crippen LogP contribution >= 0.6 is 0 Å². The molecule has 14 heteroatoms. The number of aliphatic carboxylic acids is 1. The van der Waals surface area contributed by atoms with Crippen LogP contribution in [-0.2, 0) is 39.9 Å². The van der Waals surface area contributed by atoms with Gasteiger partial charge in [0.25, 0.3) is 0 Å². The lowest BCUT2D eigenvalue weighted by molar-refractivity contribution is -0.147. The average Bonchev–Trinajstić information content (AvgIpc) is 3.77. The molecule has 0 bridgehead atoms. The van der Waals surface area contributed by atoms with Gasteiger partial charge in [0.2, 0.25) is 23.6 Å². The van der Waals surface area contributed by atoms with Crippen LogP contribution in [0.2, 0.25) is 0 Å². The number of benzene rings is 1. The fourth-order valence-corrected chi connectivity index (χ4v) is 7.64. The fourth-order valence-electron chi connectivity index (χ4n) is 7.64. The highest BCUT2D eigenvalue weighted by Crippen LogP contribution is 2.56. The molecule has 2 fully saturated rings. The molecule has 292 valence electrons. The van der Waals surface area contributed by atoms with E-state index in [1.807, 2.05) is 27.7 Å². The molecule has 52 heavy (non-hydrogen) atoms. The Kier molecular flexibility index (Phi) is 15.6. The van der Waals surface area contributed by atoms with Gasteiger partial charge in [-0.1, -0.05) is 59.2 Å². The van der Waals surface area contributed by atoms with Gasteiger partial charge in [-0.25, -0.2) is 9.18 Å². The normalized spacial score (nSPS) is 20.4. The second-order valence-electron chi connectivity index (χ2n) is 15.1. The molecular formula is C38H60FN5O8. The second-order valence-corrected chi connectivity index (χ2v) is 15.1. The van der Waals surface area contributed by atoms with Crippen molar-refractivity contribution in [2.24, 2.45) is 23.2 Å². The number of likely N-dealkylation sites (N-methyl/N-ethyl adjacent to an activating group) is 2. The third-order valence-corrected chi connectivity index (χ3v) is 11.2. The number of rotatable bonds is 20. The standard InChI is InChI=1S/C38H60FN5O8/c1-10-23(4)33(43(7)31(46)20-41-36(48)32(40-6)22(2)3)29(51-8)18-30(45)44-21-38(15-16-38)19-28(44)34(52-9)24(5)35(47)42-27(37(49)50)17-25-13-11-12-14-26(25)39/h11-14,22-24,27-29,32-34,40H,10,15-21H2,1-9H3,(H,41,48)(H,42,47)(H,49,50)/t23-,24+,27-,28-,29?,32-,33-,34+/m0/s1. The highest BCUT2D eigenvalue weighted by molar-refractivity contribution is 5.88. The molecule has 1 heterocycles. The van der Waals surface area contributed by atoms with Crippen molar-refractivity contribution >= 4 is 29.6 Å². The van der Waals surface area contributed by atoms with E-state index in [9.17, 15) is 33.5 Å². The molecule has 3 rings (SSSR count). The Hall–Kier alpha value is -3.62. The molecule has 1 unspecified atom stereocenters. The van der Waals surface area contributed by atoms with E-state index in [1.165, 1.54) is 32.4 Å². The molecule has 0 radical (unpaired) electrons. The van der Waals surface area contributed by atoms with Crippen molar-refractivity contribution in [3.8, 4) is 0 Å². The SMILES string of the molecule is CC[C@H](C)[C@@H](C(CC(=O)N1CC2(CC2)C[C@H]1[C@H](OC)[C@@H](C)C(=O)N[C@@H](Cc1ccccc1F)C(=O)O)OC)N(C)C(=O)CNC(=O)[C@@H](NC)C(C)C. The number of ether oxygens (including phenoxy) is 2.